The molecule has 0 aromatic carbocycles. The third kappa shape index (κ3) is 3.51. The summed E-state index contributed by atoms with van der Waals surface area (Å²) >= 11 is 1.84. The molecule has 1 aliphatic rings. The van der Waals surface area contributed by atoms with Crippen molar-refractivity contribution in [2.24, 2.45) is 10.9 Å². The highest BCUT2D eigenvalue weighted by Gasteiger charge is 2.22. The normalized spacial score (nSPS) is 21.2. The van der Waals surface area contributed by atoms with E-state index in [2.05, 4.69) is 29.1 Å². The van der Waals surface area contributed by atoms with Crippen LogP contribution in [0.15, 0.2) is 15.6 Å². The Bertz CT molecular complexity index is 428. The van der Waals surface area contributed by atoms with Gasteiger partial charge in [0.2, 0.25) is 5.89 Å². The minimum atomic E-state index is 0.0720. The Morgan fingerprint density at radius 2 is 2.28 bits per heavy atom. The summed E-state index contributed by atoms with van der Waals surface area (Å²) in [5, 5.41) is 5.00. The van der Waals surface area contributed by atoms with E-state index < -0.39 is 0 Å². The number of aryl methyl sites for hydroxylation is 1. The maximum Gasteiger partial charge on any atom is 0.216 e. The molecule has 2 unspecified atom stereocenters. The first-order valence-corrected chi connectivity index (χ1v) is 7.32. The molecule has 1 aromatic heterocycles. The molecule has 2 rings (SSSR count). The molecule has 1 aromatic rings. The monoisotopic (exact) mass is 267 g/mol. The van der Waals surface area contributed by atoms with Crippen LogP contribution in [0.2, 0.25) is 0 Å². The second kappa shape index (κ2) is 5.78. The van der Waals surface area contributed by atoms with E-state index in [1.165, 1.54) is 6.42 Å². The standard InChI is InChI=1S/C13H21N3OS/c1-8(2)5-11-7-15-13(18-11)16-10(4)12-14-6-9(3)17-12/h6,8,10-11H,5,7H2,1-4H3,(H,15,16). The Labute approximate surface area is 113 Å². The molecule has 0 saturated heterocycles. The van der Waals surface area contributed by atoms with Crippen LogP contribution in [-0.4, -0.2) is 21.9 Å². The summed E-state index contributed by atoms with van der Waals surface area (Å²) in [5.74, 6) is 2.30. The molecule has 1 N–H and O–H groups in total. The van der Waals surface area contributed by atoms with E-state index in [4.69, 9.17) is 4.42 Å². The highest BCUT2D eigenvalue weighted by atomic mass is 32.2. The summed E-state index contributed by atoms with van der Waals surface area (Å²) in [7, 11) is 0. The molecular weight excluding hydrogens is 246 g/mol. The Balaban J connectivity index is 1.84. The second-order valence-corrected chi connectivity index (χ2v) is 6.48. The molecule has 5 heteroatoms. The van der Waals surface area contributed by atoms with E-state index in [9.17, 15) is 0 Å². The third-order valence-electron chi connectivity index (χ3n) is 2.80. The fraction of sp³-hybridized carbons (Fsp3) is 0.692. The van der Waals surface area contributed by atoms with Gasteiger partial charge < -0.3 is 9.73 Å². The van der Waals surface area contributed by atoms with Gasteiger partial charge in [0.25, 0.3) is 0 Å². The van der Waals surface area contributed by atoms with Gasteiger partial charge >= 0.3 is 0 Å². The molecule has 4 nitrogen and oxygen atoms in total. The molecule has 18 heavy (non-hydrogen) atoms. The first-order valence-electron chi connectivity index (χ1n) is 6.44. The average Bonchev–Trinajstić information content (AvgIpc) is 2.87. The minimum absolute atomic E-state index is 0.0720. The maximum absolute atomic E-state index is 5.51. The predicted octanol–water partition coefficient (Wildman–Crippen LogP) is 3.15. The zero-order valence-electron chi connectivity index (χ0n) is 11.4. The molecular formula is C13H21N3OS. The molecule has 1 aliphatic heterocycles. The number of hydrogen-bond donors (Lipinski definition) is 1. The van der Waals surface area contributed by atoms with Gasteiger partial charge in [-0.05, 0) is 26.2 Å². The number of aromatic nitrogens is 1. The van der Waals surface area contributed by atoms with Gasteiger partial charge in [0.15, 0.2) is 5.17 Å². The largest absolute Gasteiger partial charge is 0.444 e. The zero-order valence-corrected chi connectivity index (χ0v) is 12.3. The summed E-state index contributed by atoms with van der Waals surface area (Å²) < 4.78 is 5.51. The van der Waals surface area contributed by atoms with Gasteiger partial charge in [-0.15, -0.1) is 0 Å². The molecule has 0 fully saturated rings. The first-order chi connectivity index (χ1) is 8.54. The van der Waals surface area contributed by atoms with Crippen LogP contribution in [0.4, 0.5) is 0 Å². The van der Waals surface area contributed by atoms with Crippen LogP contribution < -0.4 is 5.32 Å². The number of hydrogen-bond acceptors (Lipinski definition) is 5. The quantitative estimate of drug-likeness (QED) is 0.910. The predicted molar refractivity (Wildman–Crippen MR) is 75.9 cm³/mol. The Hall–Kier alpha value is -0.970. The smallest absolute Gasteiger partial charge is 0.216 e. The van der Waals surface area contributed by atoms with Crippen LogP contribution in [0.1, 0.15) is 44.9 Å². The summed E-state index contributed by atoms with van der Waals surface area (Å²) in [6.07, 6.45) is 2.96. The molecule has 0 amide bonds. The van der Waals surface area contributed by atoms with E-state index in [0.717, 1.165) is 29.3 Å². The second-order valence-electron chi connectivity index (χ2n) is 5.19. The van der Waals surface area contributed by atoms with Crippen molar-refractivity contribution in [1.82, 2.24) is 10.3 Å². The SMILES string of the molecule is Cc1cnc(C(C)NC2=NCC(CC(C)C)S2)o1. The number of aliphatic imine (C=N–C) groups is 1. The number of rotatable bonds is 4. The topological polar surface area (TPSA) is 50.4 Å². The lowest BCUT2D eigenvalue weighted by Crippen LogP contribution is -2.23. The molecule has 2 atom stereocenters. The fourth-order valence-corrected chi connectivity index (χ4v) is 3.30. The lowest BCUT2D eigenvalue weighted by Gasteiger charge is -2.13. The van der Waals surface area contributed by atoms with Crippen LogP contribution >= 0.6 is 11.8 Å². The minimum Gasteiger partial charge on any atom is -0.444 e. The van der Waals surface area contributed by atoms with Crippen LogP contribution in [0.3, 0.4) is 0 Å². The van der Waals surface area contributed by atoms with Crippen molar-refractivity contribution in [2.75, 3.05) is 6.54 Å². The van der Waals surface area contributed by atoms with Crippen molar-refractivity contribution in [1.29, 1.82) is 0 Å². The zero-order chi connectivity index (χ0) is 13.1. The van der Waals surface area contributed by atoms with Crippen LogP contribution in [0.5, 0.6) is 0 Å². The van der Waals surface area contributed by atoms with Gasteiger partial charge in [0.05, 0.1) is 12.7 Å². The van der Waals surface area contributed by atoms with Gasteiger partial charge in [-0.3, -0.25) is 4.99 Å². The van der Waals surface area contributed by atoms with Crippen molar-refractivity contribution in [3.8, 4) is 0 Å². The van der Waals surface area contributed by atoms with E-state index in [-0.39, 0.29) is 6.04 Å². The number of thioether (sulfide) groups is 1. The molecule has 100 valence electrons. The Morgan fingerprint density at radius 3 is 2.89 bits per heavy atom. The summed E-state index contributed by atoms with van der Waals surface area (Å²) in [6, 6.07) is 0.0720. The van der Waals surface area contributed by atoms with Gasteiger partial charge in [-0.1, -0.05) is 25.6 Å². The molecule has 0 bridgehead atoms. The number of amidine groups is 1. The highest BCUT2D eigenvalue weighted by Crippen LogP contribution is 2.26. The molecule has 0 radical (unpaired) electrons. The lowest BCUT2D eigenvalue weighted by molar-refractivity contribution is 0.430. The van der Waals surface area contributed by atoms with Crippen molar-refractivity contribution < 1.29 is 4.42 Å². The van der Waals surface area contributed by atoms with E-state index in [1.807, 2.05) is 25.6 Å². The van der Waals surface area contributed by atoms with E-state index in [0.29, 0.717) is 5.25 Å². The Morgan fingerprint density at radius 1 is 1.50 bits per heavy atom. The Kier molecular flexibility index (Phi) is 4.32. The summed E-state index contributed by atoms with van der Waals surface area (Å²) in [4.78, 5) is 8.77. The van der Waals surface area contributed by atoms with Crippen LogP contribution in [-0.2, 0) is 0 Å². The number of oxazole rings is 1. The van der Waals surface area contributed by atoms with Crippen molar-refractivity contribution in [3.63, 3.8) is 0 Å². The van der Waals surface area contributed by atoms with Gasteiger partial charge in [-0.25, -0.2) is 4.98 Å². The third-order valence-corrected chi connectivity index (χ3v) is 3.95. The molecule has 0 aliphatic carbocycles. The summed E-state index contributed by atoms with van der Waals surface area (Å²) in [5.41, 5.74) is 0. The summed E-state index contributed by atoms with van der Waals surface area (Å²) in [6.45, 7) is 9.38. The molecule has 0 spiro atoms. The fourth-order valence-electron chi connectivity index (χ4n) is 1.96. The molecule has 2 heterocycles. The van der Waals surface area contributed by atoms with Crippen molar-refractivity contribution in [2.45, 2.75) is 45.4 Å². The van der Waals surface area contributed by atoms with Crippen LogP contribution in [0, 0.1) is 12.8 Å². The van der Waals surface area contributed by atoms with Crippen LogP contribution in [0.25, 0.3) is 0 Å². The van der Waals surface area contributed by atoms with Crippen molar-refractivity contribution in [3.05, 3.63) is 17.8 Å². The molecule has 0 saturated carbocycles. The lowest BCUT2D eigenvalue weighted by atomic mass is 10.1. The van der Waals surface area contributed by atoms with Gasteiger partial charge in [0, 0.05) is 5.25 Å². The van der Waals surface area contributed by atoms with E-state index >= 15 is 0 Å². The maximum atomic E-state index is 5.51. The van der Waals surface area contributed by atoms with Gasteiger partial charge in [0.1, 0.15) is 11.8 Å². The van der Waals surface area contributed by atoms with Gasteiger partial charge in [-0.2, -0.15) is 0 Å². The van der Waals surface area contributed by atoms with Crippen molar-refractivity contribution >= 4 is 16.9 Å². The first kappa shape index (κ1) is 13.5. The van der Waals surface area contributed by atoms with E-state index in [1.54, 1.807) is 6.20 Å². The highest BCUT2D eigenvalue weighted by molar-refractivity contribution is 8.14. The number of nitrogens with one attached hydrogen (secondary N) is 1. The number of nitrogens with zero attached hydrogens (tertiary/aromatic N) is 2. The average molecular weight is 267 g/mol.